The molecule has 1 N–H and O–H groups in total. The molecule has 5 nitrogen and oxygen atoms in total. The van der Waals surface area contributed by atoms with Crippen molar-refractivity contribution in [1.29, 1.82) is 0 Å². The van der Waals surface area contributed by atoms with Crippen LogP contribution in [-0.2, 0) is 9.53 Å². The Hall–Kier alpha value is -1.66. The maximum Gasteiger partial charge on any atom is 0.349 e. The van der Waals surface area contributed by atoms with Gasteiger partial charge in [-0.1, -0.05) is 50.1 Å². The van der Waals surface area contributed by atoms with Crippen molar-refractivity contribution in [2.24, 2.45) is 11.8 Å². The van der Waals surface area contributed by atoms with Crippen molar-refractivity contribution >= 4 is 40.4 Å². The number of aliphatic hydroxyl groups excluding tert-OH is 1. The Kier molecular flexibility index (Phi) is 6.91. The van der Waals surface area contributed by atoms with E-state index in [-0.39, 0.29) is 16.7 Å². The van der Waals surface area contributed by atoms with Crippen molar-refractivity contribution in [2.75, 3.05) is 0 Å². The number of fused-ring (bicyclic) bond motifs is 1. The molecule has 2 heterocycles. The summed E-state index contributed by atoms with van der Waals surface area (Å²) in [7, 11) is 0. The summed E-state index contributed by atoms with van der Waals surface area (Å²) in [4.78, 5) is 18.4. The van der Waals surface area contributed by atoms with E-state index in [0.717, 1.165) is 42.6 Å². The monoisotopic (exact) mass is 502 g/mol. The molecule has 0 saturated heterocycles. The number of halogens is 1. The lowest BCUT2D eigenvalue weighted by Gasteiger charge is -2.42. The molecule has 1 unspecified atom stereocenters. The number of carbonyl (C=O) groups excluding carboxylic acids is 1. The average molecular weight is 503 g/mol. The number of imidazole rings is 1. The van der Waals surface area contributed by atoms with E-state index in [1.165, 1.54) is 50.3 Å². The lowest BCUT2D eigenvalue weighted by Crippen LogP contribution is -2.45. The SMILES string of the molecule is CC(C)n1c(SC2=C(O)CC(CCC3CCCC3)(C3CCCC3)OC2=O)nc2cc(Cl)ccc21. The van der Waals surface area contributed by atoms with Gasteiger partial charge < -0.3 is 14.4 Å². The van der Waals surface area contributed by atoms with Crippen LogP contribution in [0.5, 0.6) is 0 Å². The van der Waals surface area contributed by atoms with Gasteiger partial charge >= 0.3 is 5.97 Å². The van der Waals surface area contributed by atoms with Crippen molar-refractivity contribution in [2.45, 2.75) is 101 Å². The number of hydrogen-bond donors (Lipinski definition) is 1. The van der Waals surface area contributed by atoms with Crippen LogP contribution in [0.15, 0.2) is 34.0 Å². The van der Waals surface area contributed by atoms with Crippen molar-refractivity contribution < 1.29 is 14.6 Å². The smallest absolute Gasteiger partial charge is 0.349 e. The van der Waals surface area contributed by atoms with E-state index in [2.05, 4.69) is 18.4 Å². The van der Waals surface area contributed by atoms with Gasteiger partial charge in [0.2, 0.25) is 0 Å². The van der Waals surface area contributed by atoms with Crippen LogP contribution in [-0.4, -0.2) is 26.2 Å². The zero-order valence-electron chi connectivity index (χ0n) is 20.2. The number of esters is 1. The standard InChI is InChI=1S/C27H35ClN2O3S/c1-17(2)30-22-12-11-20(28)15-21(22)29-26(30)34-24-23(31)16-27(33-25(24)32,19-9-5-6-10-19)14-13-18-7-3-4-8-18/h11-12,15,17-19,31H,3-10,13-14,16H2,1-2H3. The van der Waals surface area contributed by atoms with Gasteiger partial charge in [0.1, 0.15) is 16.3 Å². The quantitative estimate of drug-likeness (QED) is 0.389. The van der Waals surface area contributed by atoms with Crippen molar-refractivity contribution in [1.82, 2.24) is 9.55 Å². The maximum atomic E-state index is 13.4. The van der Waals surface area contributed by atoms with Crippen LogP contribution in [0.4, 0.5) is 0 Å². The molecule has 2 fully saturated rings. The van der Waals surface area contributed by atoms with Gasteiger partial charge in [-0.2, -0.15) is 0 Å². The number of carbonyl (C=O) groups is 1. The number of ether oxygens (including phenoxy) is 1. The van der Waals surface area contributed by atoms with E-state index < -0.39 is 11.6 Å². The van der Waals surface area contributed by atoms with Crippen LogP contribution in [0, 0.1) is 11.8 Å². The molecular formula is C27H35ClN2O3S. The number of hydrogen-bond acceptors (Lipinski definition) is 5. The summed E-state index contributed by atoms with van der Waals surface area (Å²) in [5.74, 6) is 0.845. The molecule has 0 spiro atoms. The first-order chi connectivity index (χ1) is 16.4. The molecule has 1 aromatic carbocycles. The Morgan fingerprint density at radius 2 is 1.91 bits per heavy atom. The third-order valence-electron chi connectivity index (χ3n) is 8.09. The highest BCUT2D eigenvalue weighted by Gasteiger charge is 2.48. The maximum absolute atomic E-state index is 13.4. The predicted molar refractivity (Wildman–Crippen MR) is 137 cm³/mol. The minimum absolute atomic E-state index is 0.139. The van der Waals surface area contributed by atoms with Crippen LogP contribution in [0.25, 0.3) is 11.0 Å². The van der Waals surface area contributed by atoms with Crippen LogP contribution in [0.2, 0.25) is 5.02 Å². The topological polar surface area (TPSA) is 64.3 Å². The number of benzene rings is 1. The number of cyclic esters (lactones) is 1. The molecule has 1 aromatic heterocycles. The molecule has 184 valence electrons. The molecule has 2 aromatic rings. The van der Waals surface area contributed by atoms with E-state index in [4.69, 9.17) is 21.3 Å². The largest absolute Gasteiger partial charge is 0.511 e. The van der Waals surface area contributed by atoms with Gasteiger partial charge in [-0.3, -0.25) is 0 Å². The third kappa shape index (κ3) is 4.60. The van der Waals surface area contributed by atoms with E-state index in [0.29, 0.717) is 22.5 Å². The molecule has 3 aliphatic rings. The zero-order valence-corrected chi connectivity index (χ0v) is 21.8. The third-order valence-corrected chi connectivity index (χ3v) is 9.40. The van der Waals surface area contributed by atoms with Gasteiger partial charge in [0.15, 0.2) is 5.16 Å². The Morgan fingerprint density at radius 3 is 2.59 bits per heavy atom. The molecule has 1 aliphatic heterocycles. The molecule has 2 saturated carbocycles. The number of nitrogens with zero attached hydrogens (tertiary/aromatic N) is 2. The molecular weight excluding hydrogens is 468 g/mol. The number of aliphatic hydroxyl groups is 1. The van der Waals surface area contributed by atoms with E-state index in [9.17, 15) is 9.90 Å². The molecule has 0 radical (unpaired) electrons. The first-order valence-corrected chi connectivity index (χ1v) is 14.1. The van der Waals surface area contributed by atoms with Crippen LogP contribution in [0.1, 0.15) is 90.5 Å². The molecule has 1 atom stereocenters. The van der Waals surface area contributed by atoms with Gasteiger partial charge in [0, 0.05) is 17.5 Å². The van der Waals surface area contributed by atoms with Crippen molar-refractivity contribution in [3.8, 4) is 0 Å². The summed E-state index contributed by atoms with van der Waals surface area (Å²) >= 11 is 7.41. The fourth-order valence-electron chi connectivity index (χ4n) is 6.33. The van der Waals surface area contributed by atoms with Gasteiger partial charge in [0.25, 0.3) is 0 Å². The minimum Gasteiger partial charge on any atom is -0.511 e. The Morgan fingerprint density at radius 1 is 1.21 bits per heavy atom. The highest BCUT2D eigenvalue weighted by molar-refractivity contribution is 8.03. The predicted octanol–water partition coefficient (Wildman–Crippen LogP) is 7.98. The molecule has 2 aliphatic carbocycles. The lowest BCUT2D eigenvalue weighted by molar-refractivity contribution is -0.166. The van der Waals surface area contributed by atoms with Gasteiger partial charge in [-0.15, -0.1) is 0 Å². The van der Waals surface area contributed by atoms with Gasteiger partial charge in [0.05, 0.1) is 11.0 Å². The lowest BCUT2D eigenvalue weighted by atomic mass is 9.76. The van der Waals surface area contributed by atoms with Crippen LogP contribution < -0.4 is 0 Å². The van der Waals surface area contributed by atoms with Crippen LogP contribution in [0.3, 0.4) is 0 Å². The Bertz CT molecular complexity index is 1100. The second-order valence-corrected chi connectivity index (χ2v) is 12.1. The summed E-state index contributed by atoms with van der Waals surface area (Å²) < 4.78 is 8.42. The molecule has 0 bridgehead atoms. The van der Waals surface area contributed by atoms with Crippen molar-refractivity contribution in [3.05, 3.63) is 33.9 Å². The second-order valence-electron chi connectivity index (χ2n) is 10.7. The normalized spacial score (nSPS) is 24.6. The second kappa shape index (κ2) is 9.77. The fraction of sp³-hybridized carbons (Fsp3) is 0.630. The highest BCUT2D eigenvalue weighted by atomic mass is 35.5. The Labute approximate surface area is 211 Å². The van der Waals surface area contributed by atoms with E-state index in [1.807, 2.05) is 18.2 Å². The highest BCUT2D eigenvalue weighted by Crippen LogP contribution is 2.49. The summed E-state index contributed by atoms with van der Waals surface area (Å²) in [5, 5.41) is 12.5. The summed E-state index contributed by atoms with van der Waals surface area (Å²) in [6.07, 6.45) is 12.1. The average Bonchev–Trinajstić information content (AvgIpc) is 3.55. The molecule has 5 rings (SSSR count). The van der Waals surface area contributed by atoms with Crippen molar-refractivity contribution in [3.63, 3.8) is 0 Å². The molecule has 0 amide bonds. The number of aromatic nitrogens is 2. The van der Waals surface area contributed by atoms with Gasteiger partial charge in [-0.25, -0.2) is 9.78 Å². The minimum atomic E-state index is -0.559. The summed E-state index contributed by atoms with van der Waals surface area (Å²) in [5.41, 5.74) is 1.18. The number of thioether (sulfide) groups is 1. The summed E-state index contributed by atoms with van der Waals surface area (Å²) in [6, 6.07) is 5.78. The van der Waals surface area contributed by atoms with E-state index >= 15 is 0 Å². The first-order valence-electron chi connectivity index (χ1n) is 12.9. The fourth-order valence-corrected chi connectivity index (χ4v) is 7.55. The molecule has 34 heavy (non-hydrogen) atoms. The number of rotatable bonds is 7. The first kappa shape index (κ1) is 24.1. The summed E-state index contributed by atoms with van der Waals surface area (Å²) in [6.45, 7) is 4.17. The zero-order chi connectivity index (χ0) is 23.9. The van der Waals surface area contributed by atoms with Gasteiger partial charge in [-0.05, 0) is 81.3 Å². The van der Waals surface area contributed by atoms with E-state index in [1.54, 1.807) is 0 Å². The van der Waals surface area contributed by atoms with Crippen LogP contribution >= 0.6 is 23.4 Å². The molecule has 7 heteroatoms. The Balaban J connectivity index is 1.44.